The molecule has 1 aromatic rings. The SMILES string of the molecule is COC(=O)CC1COCCN1CC(=O)Oc1c(C)cccc1C. The van der Waals surface area contributed by atoms with Gasteiger partial charge in [-0.05, 0) is 25.0 Å². The summed E-state index contributed by atoms with van der Waals surface area (Å²) in [6.07, 6.45) is 0.202. The Kier molecular flexibility index (Phi) is 6.12. The molecule has 126 valence electrons. The molecule has 0 radical (unpaired) electrons. The van der Waals surface area contributed by atoms with Gasteiger partial charge in [0.15, 0.2) is 0 Å². The number of rotatable bonds is 5. The first-order valence-corrected chi connectivity index (χ1v) is 7.66. The third-order valence-electron chi connectivity index (χ3n) is 3.94. The van der Waals surface area contributed by atoms with E-state index in [-0.39, 0.29) is 30.9 Å². The molecule has 0 saturated carbocycles. The molecule has 6 nitrogen and oxygen atoms in total. The van der Waals surface area contributed by atoms with E-state index in [2.05, 4.69) is 0 Å². The van der Waals surface area contributed by atoms with Gasteiger partial charge in [-0.3, -0.25) is 14.5 Å². The van der Waals surface area contributed by atoms with Crippen molar-refractivity contribution in [3.8, 4) is 5.75 Å². The molecule has 2 rings (SSSR count). The Bertz CT molecular complexity index is 552. The van der Waals surface area contributed by atoms with Gasteiger partial charge >= 0.3 is 11.9 Å². The number of benzene rings is 1. The molecule has 6 heteroatoms. The van der Waals surface area contributed by atoms with E-state index in [4.69, 9.17) is 14.2 Å². The molecule has 0 N–H and O–H groups in total. The summed E-state index contributed by atoms with van der Waals surface area (Å²) in [6, 6.07) is 5.58. The molecule has 0 spiro atoms. The van der Waals surface area contributed by atoms with Crippen LogP contribution in [-0.2, 0) is 19.1 Å². The molecular formula is C17H23NO5. The minimum atomic E-state index is -0.334. The standard InChI is InChI=1S/C17H23NO5/c1-12-5-4-6-13(2)17(12)23-16(20)10-18-7-8-22-11-14(18)9-15(19)21-3/h4-6,14H,7-11H2,1-3H3. The quantitative estimate of drug-likeness (QED) is 0.604. The summed E-state index contributed by atoms with van der Waals surface area (Å²) in [5.74, 6) is -0.0388. The molecule has 1 saturated heterocycles. The molecule has 1 aliphatic rings. The van der Waals surface area contributed by atoms with Crippen LogP contribution in [0.3, 0.4) is 0 Å². The maximum atomic E-state index is 12.3. The molecule has 0 amide bonds. The van der Waals surface area contributed by atoms with Crippen molar-refractivity contribution < 1.29 is 23.8 Å². The molecule has 0 aliphatic carbocycles. The topological polar surface area (TPSA) is 65.1 Å². The van der Waals surface area contributed by atoms with Gasteiger partial charge in [0.1, 0.15) is 5.75 Å². The minimum Gasteiger partial charge on any atom is -0.469 e. The van der Waals surface area contributed by atoms with Gasteiger partial charge in [-0.15, -0.1) is 0 Å². The first kappa shape index (κ1) is 17.4. The van der Waals surface area contributed by atoms with E-state index in [1.54, 1.807) is 0 Å². The number of hydrogen-bond acceptors (Lipinski definition) is 6. The highest BCUT2D eigenvalue weighted by Crippen LogP contribution is 2.22. The van der Waals surface area contributed by atoms with Crippen molar-refractivity contribution in [2.75, 3.05) is 33.4 Å². The van der Waals surface area contributed by atoms with Crippen LogP contribution < -0.4 is 4.74 Å². The first-order valence-electron chi connectivity index (χ1n) is 7.66. The summed E-state index contributed by atoms with van der Waals surface area (Å²) < 4.78 is 15.6. The van der Waals surface area contributed by atoms with Crippen LogP contribution in [-0.4, -0.2) is 56.3 Å². The van der Waals surface area contributed by atoms with Crippen molar-refractivity contribution in [1.82, 2.24) is 4.90 Å². The third-order valence-corrected chi connectivity index (χ3v) is 3.94. The van der Waals surface area contributed by atoms with Crippen LogP contribution >= 0.6 is 0 Å². The Balaban J connectivity index is 1.98. The van der Waals surface area contributed by atoms with Crippen LogP contribution in [0.1, 0.15) is 17.5 Å². The number of carbonyl (C=O) groups excluding carboxylic acids is 2. The average Bonchev–Trinajstić information content (AvgIpc) is 2.53. The Hall–Kier alpha value is -1.92. The van der Waals surface area contributed by atoms with E-state index in [0.717, 1.165) is 11.1 Å². The van der Waals surface area contributed by atoms with Crippen LogP contribution in [0.25, 0.3) is 0 Å². The molecule has 1 aliphatic heterocycles. The van der Waals surface area contributed by atoms with Gasteiger partial charge in [-0.2, -0.15) is 0 Å². The number of hydrogen-bond donors (Lipinski definition) is 0. The largest absolute Gasteiger partial charge is 0.469 e. The maximum Gasteiger partial charge on any atom is 0.325 e. The number of carbonyl (C=O) groups is 2. The lowest BCUT2D eigenvalue weighted by Gasteiger charge is -2.34. The Morgan fingerprint density at radius 2 is 1.96 bits per heavy atom. The molecule has 0 aromatic heterocycles. The fraction of sp³-hybridized carbons (Fsp3) is 0.529. The molecule has 1 aromatic carbocycles. The Labute approximate surface area is 136 Å². The maximum absolute atomic E-state index is 12.3. The van der Waals surface area contributed by atoms with Crippen molar-refractivity contribution in [3.63, 3.8) is 0 Å². The van der Waals surface area contributed by atoms with Gasteiger partial charge in [0.25, 0.3) is 0 Å². The number of methoxy groups -OCH3 is 1. The molecule has 1 atom stereocenters. The van der Waals surface area contributed by atoms with Gasteiger partial charge in [0, 0.05) is 12.6 Å². The summed E-state index contributed by atoms with van der Waals surface area (Å²) in [5, 5.41) is 0. The van der Waals surface area contributed by atoms with E-state index in [1.807, 2.05) is 36.9 Å². The molecule has 1 heterocycles. The fourth-order valence-electron chi connectivity index (χ4n) is 2.63. The van der Waals surface area contributed by atoms with Crippen LogP contribution in [0.15, 0.2) is 18.2 Å². The summed E-state index contributed by atoms with van der Waals surface area (Å²) in [5.41, 5.74) is 1.85. The molecular weight excluding hydrogens is 298 g/mol. The van der Waals surface area contributed by atoms with E-state index >= 15 is 0 Å². The monoisotopic (exact) mass is 321 g/mol. The van der Waals surface area contributed by atoms with E-state index in [9.17, 15) is 9.59 Å². The van der Waals surface area contributed by atoms with E-state index < -0.39 is 0 Å². The number of ether oxygens (including phenoxy) is 3. The predicted molar refractivity (Wildman–Crippen MR) is 84.4 cm³/mol. The molecule has 0 bridgehead atoms. The second-order valence-corrected chi connectivity index (χ2v) is 5.67. The minimum absolute atomic E-state index is 0.124. The van der Waals surface area contributed by atoms with E-state index in [0.29, 0.717) is 25.5 Å². The second kappa shape index (κ2) is 8.08. The van der Waals surface area contributed by atoms with Crippen molar-refractivity contribution in [3.05, 3.63) is 29.3 Å². The molecule has 23 heavy (non-hydrogen) atoms. The number of nitrogens with zero attached hydrogens (tertiary/aromatic N) is 1. The van der Waals surface area contributed by atoms with Crippen molar-refractivity contribution in [2.24, 2.45) is 0 Å². The summed E-state index contributed by atoms with van der Waals surface area (Å²) in [4.78, 5) is 25.6. The number of para-hydroxylation sites is 1. The van der Waals surface area contributed by atoms with Crippen molar-refractivity contribution >= 4 is 11.9 Å². The van der Waals surface area contributed by atoms with Crippen molar-refractivity contribution in [2.45, 2.75) is 26.3 Å². The van der Waals surface area contributed by atoms with Gasteiger partial charge in [-0.25, -0.2) is 0 Å². The second-order valence-electron chi connectivity index (χ2n) is 5.67. The van der Waals surface area contributed by atoms with Crippen LogP contribution in [0.2, 0.25) is 0 Å². The van der Waals surface area contributed by atoms with Gasteiger partial charge in [0.05, 0.1) is 33.3 Å². The Morgan fingerprint density at radius 3 is 2.61 bits per heavy atom. The lowest BCUT2D eigenvalue weighted by atomic mass is 10.1. The van der Waals surface area contributed by atoms with Gasteiger partial charge in [-0.1, -0.05) is 18.2 Å². The lowest BCUT2D eigenvalue weighted by Crippen LogP contribution is -2.49. The third kappa shape index (κ3) is 4.77. The zero-order chi connectivity index (χ0) is 16.8. The summed E-state index contributed by atoms with van der Waals surface area (Å²) >= 11 is 0. The highest BCUT2D eigenvalue weighted by molar-refractivity contribution is 5.75. The lowest BCUT2D eigenvalue weighted by molar-refractivity contribution is -0.146. The molecule has 1 fully saturated rings. The number of esters is 2. The van der Waals surface area contributed by atoms with Crippen LogP contribution in [0, 0.1) is 13.8 Å². The highest BCUT2D eigenvalue weighted by atomic mass is 16.5. The highest BCUT2D eigenvalue weighted by Gasteiger charge is 2.28. The van der Waals surface area contributed by atoms with Crippen molar-refractivity contribution in [1.29, 1.82) is 0 Å². The Morgan fingerprint density at radius 1 is 1.26 bits per heavy atom. The van der Waals surface area contributed by atoms with Gasteiger partial charge < -0.3 is 14.2 Å². The number of aryl methyl sites for hydroxylation is 2. The first-order chi connectivity index (χ1) is 11.0. The van der Waals surface area contributed by atoms with E-state index in [1.165, 1.54) is 7.11 Å². The van der Waals surface area contributed by atoms with Gasteiger partial charge in [0.2, 0.25) is 0 Å². The zero-order valence-electron chi connectivity index (χ0n) is 13.8. The smallest absolute Gasteiger partial charge is 0.325 e. The predicted octanol–water partition coefficient (Wildman–Crippen LogP) is 1.47. The number of morpholine rings is 1. The fourth-order valence-corrected chi connectivity index (χ4v) is 2.63. The van der Waals surface area contributed by atoms with Crippen LogP contribution in [0.4, 0.5) is 0 Å². The average molecular weight is 321 g/mol. The zero-order valence-corrected chi connectivity index (χ0v) is 13.8. The normalized spacial score (nSPS) is 18.5. The summed E-state index contributed by atoms with van der Waals surface area (Å²) in [7, 11) is 1.35. The summed E-state index contributed by atoms with van der Waals surface area (Å²) in [6.45, 7) is 5.47. The van der Waals surface area contributed by atoms with Crippen LogP contribution in [0.5, 0.6) is 5.75 Å². The molecule has 1 unspecified atom stereocenters.